The first-order valence-corrected chi connectivity index (χ1v) is 5.70. The molecule has 0 aliphatic rings. The highest BCUT2D eigenvalue weighted by Gasteiger charge is 2.13. The molecule has 2 aromatic heterocycles. The van der Waals surface area contributed by atoms with E-state index in [9.17, 15) is 4.79 Å². The summed E-state index contributed by atoms with van der Waals surface area (Å²) >= 11 is 5.85. The van der Waals surface area contributed by atoms with Gasteiger partial charge in [-0.3, -0.25) is 0 Å². The number of aryl methyl sites for hydroxylation is 1. The highest BCUT2D eigenvalue weighted by atomic mass is 35.5. The van der Waals surface area contributed by atoms with Crippen molar-refractivity contribution in [2.75, 3.05) is 7.11 Å². The summed E-state index contributed by atoms with van der Waals surface area (Å²) in [7, 11) is 1.31. The zero-order chi connectivity index (χ0) is 13.1. The number of pyridine rings is 1. The number of rotatable bonds is 3. The Kier molecular flexibility index (Phi) is 3.62. The molecule has 0 radical (unpaired) electrons. The normalized spacial score (nSPS) is 10.4. The van der Waals surface area contributed by atoms with Crippen molar-refractivity contribution in [1.82, 2.24) is 14.5 Å². The van der Waals surface area contributed by atoms with Gasteiger partial charge < -0.3 is 9.30 Å². The van der Waals surface area contributed by atoms with Crippen molar-refractivity contribution >= 4 is 17.6 Å². The van der Waals surface area contributed by atoms with Crippen LogP contribution in [0.3, 0.4) is 0 Å². The van der Waals surface area contributed by atoms with Crippen LogP contribution in [0.2, 0.25) is 5.15 Å². The van der Waals surface area contributed by atoms with E-state index in [4.69, 9.17) is 11.6 Å². The SMILES string of the molecule is COC(=O)c1cc(Cn2ccnc2C)cnc1Cl. The van der Waals surface area contributed by atoms with E-state index in [1.165, 1.54) is 7.11 Å². The average molecular weight is 266 g/mol. The molecule has 2 heterocycles. The van der Waals surface area contributed by atoms with E-state index in [-0.39, 0.29) is 10.7 Å². The molecule has 2 aromatic rings. The van der Waals surface area contributed by atoms with Crippen LogP contribution >= 0.6 is 11.6 Å². The standard InChI is InChI=1S/C12H12ClN3O2/c1-8-14-3-4-16(8)7-9-5-10(12(17)18-2)11(13)15-6-9/h3-6H,7H2,1-2H3. The second-order valence-corrected chi connectivity index (χ2v) is 4.13. The number of nitrogens with zero attached hydrogens (tertiary/aromatic N) is 3. The predicted molar refractivity (Wildman–Crippen MR) is 66.7 cm³/mol. The Labute approximate surface area is 109 Å². The molecule has 0 aliphatic heterocycles. The second-order valence-electron chi connectivity index (χ2n) is 3.78. The number of esters is 1. The molecule has 0 atom stereocenters. The van der Waals surface area contributed by atoms with Crippen LogP contribution < -0.4 is 0 Å². The Bertz CT molecular complexity index is 580. The molecule has 6 heteroatoms. The molecule has 0 fully saturated rings. The molecule has 0 bridgehead atoms. The molecule has 5 nitrogen and oxygen atoms in total. The van der Waals surface area contributed by atoms with Crippen molar-refractivity contribution in [2.45, 2.75) is 13.5 Å². The molecule has 0 amide bonds. The van der Waals surface area contributed by atoms with Gasteiger partial charge in [0.05, 0.1) is 19.2 Å². The molecule has 18 heavy (non-hydrogen) atoms. The molecule has 0 aliphatic carbocycles. The number of carbonyl (C=O) groups is 1. The maximum absolute atomic E-state index is 11.5. The van der Waals surface area contributed by atoms with E-state index in [2.05, 4.69) is 14.7 Å². The maximum atomic E-state index is 11.5. The molecule has 0 N–H and O–H groups in total. The van der Waals surface area contributed by atoms with Crippen molar-refractivity contribution in [3.8, 4) is 0 Å². The summed E-state index contributed by atoms with van der Waals surface area (Å²) in [5, 5.41) is 0.146. The number of aromatic nitrogens is 3. The van der Waals surface area contributed by atoms with Gasteiger partial charge in [-0.05, 0) is 18.6 Å². The Morgan fingerprint density at radius 3 is 2.89 bits per heavy atom. The Morgan fingerprint density at radius 1 is 1.50 bits per heavy atom. The second kappa shape index (κ2) is 5.18. The van der Waals surface area contributed by atoms with E-state index in [1.807, 2.05) is 17.7 Å². The van der Waals surface area contributed by atoms with Gasteiger partial charge in [-0.15, -0.1) is 0 Å². The first kappa shape index (κ1) is 12.6. The molecule has 0 spiro atoms. The summed E-state index contributed by atoms with van der Waals surface area (Å²) in [5.41, 5.74) is 1.13. The largest absolute Gasteiger partial charge is 0.465 e. The lowest BCUT2D eigenvalue weighted by molar-refractivity contribution is 0.0600. The van der Waals surface area contributed by atoms with Crippen LogP contribution in [0.1, 0.15) is 21.7 Å². The topological polar surface area (TPSA) is 57.0 Å². The molecule has 0 saturated heterocycles. The van der Waals surface area contributed by atoms with Crippen molar-refractivity contribution in [1.29, 1.82) is 0 Å². The molecular formula is C12H12ClN3O2. The van der Waals surface area contributed by atoms with Gasteiger partial charge in [0.25, 0.3) is 0 Å². The minimum atomic E-state index is -0.489. The van der Waals surface area contributed by atoms with Crippen LogP contribution in [0.5, 0.6) is 0 Å². The van der Waals surface area contributed by atoms with Crippen LogP contribution in [0, 0.1) is 6.92 Å². The van der Waals surface area contributed by atoms with Gasteiger partial charge in [-0.25, -0.2) is 14.8 Å². The lowest BCUT2D eigenvalue weighted by Gasteiger charge is -2.07. The Balaban J connectivity index is 2.30. The zero-order valence-corrected chi connectivity index (χ0v) is 10.8. The molecule has 0 unspecified atom stereocenters. The summed E-state index contributed by atoms with van der Waals surface area (Å²) in [4.78, 5) is 19.6. The van der Waals surface area contributed by atoms with E-state index in [1.54, 1.807) is 18.5 Å². The number of hydrogen-bond acceptors (Lipinski definition) is 4. The van der Waals surface area contributed by atoms with Crippen molar-refractivity contribution in [3.05, 3.63) is 46.8 Å². The number of hydrogen-bond donors (Lipinski definition) is 0. The van der Waals surface area contributed by atoms with Gasteiger partial charge >= 0.3 is 5.97 Å². The van der Waals surface area contributed by atoms with E-state index >= 15 is 0 Å². The van der Waals surface area contributed by atoms with Crippen molar-refractivity contribution in [3.63, 3.8) is 0 Å². The van der Waals surface area contributed by atoms with E-state index in [0.717, 1.165) is 11.4 Å². The molecular weight excluding hydrogens is 254 g/mol. The Hall–Kier alpha value is -1.88. The van der Waals surface area contributed by atoms with Crippen molar-refractivity contribution < 1.29 is 9.53 Å². The third-order valence-corrected chi connectivity index (χ3v) is 2.88. The lowest BCUT2D eigenvalue weighted by Crippen LogP contribution is -2.07. The third-order valence-electron chi connectivity index (χ3n) is 2.58. The van der Waals surface area contributed by atoms with Crippen LogP contribution in [-0.4, -0.2) is 27.6 Å². The summed E-state index contributed by atoms with van der Waals surface area (Å²) in [5.74, 6) is 0.404. The summed E-state index contributed by atoms with van der Waals surface area (Å²) < 4.78 is 6.60. The number of methoxy groups -OCH3 is 1. The number of carbonyl (C=O) groups excluding carboxylic acids is 1. The monoisotopic (exact) mass is 265 g/mol. The molecule has 94 valence electrons. The number of ether oxygens (including phenoxy) is 1. The van der Waals surface area contributed by atoms with Crippen LogP contribution in [0.25, 0.3) is 0 Å². The van der Waals surface area contributed by atoms with Gasteiger partial charge in [0.15, 0.2) is 0 Å². The molecule has 0 saturated carbocycles. The van der Waals surface area contributed by atoms with Gasteiger partial charge in [-0.2, -0.15) is 0 Å². The highest BCUT2D eigenvalue weighted by molar-refractivity contribution is 6.32. The fourth-order valence-electron chi connectivity index (χ4n) is 1.60. The quantitative estimate of drug-likeness (QED) is 0.630. The molecule has 2 rings (SSSR count). The van der Waals surface area contributed by atoms with Crippen LogP contribution in [-0.2, 0) is 11.3 Å². The third kappa shape index (κ3) is 2.51. The maximum Gasteiger partial charge on any atom is 0.341 e. The average Bonchev–Trinajstić information content (AvgIpc) is 2.76. The predicted octanol–water partition coefficient (Wildman–Crippen LogP) is 2.07. The fraction of sp³-hybridized carbons (Fsp3) is 0.250. The van der Waals surface area contributed by atoms with Crippen LogP contribution in [0.4, 0.5) is 0 Å². The van der Waals surface area contributed by atoms with Gasteiger partial charge in [0.2, 0.25) is 0 Å². The minimum Gasteiger partial charge on any atom is -0.465 e. The number of halogens is 1. The minimum absolute atomic E-state index is 0.146. The summed E-state index contributed by atoms with van der Waals surface area (Å²) in [6, 6.07) is 1.68. The smallest absolute Gasteiger partial charge is 0.341 e. The fourth-order valence-corrected chi connectivity index (χ4v) is 1.78. The zero-order valence-electron chi connectivity index (χ0n) is 10.1. The number of imidazole rings is 1. The first-order chi connectivity index (χ1) is 8.61. The summed E-state index contributed by atoms with van der Waals surface area (Å²) in [6.45, 7) is 2.49. The van der Waals surface area contributed by atoms with E-state index < -0.39 is 5.97 Å². The van der Waals surface area contributed by atoms with Gasteiger partial charge in [0, 0.05) is 18.6 Å². The Morgan fingerprint density at radius 2 is 2.28 bits per heavy atom. The van der Waals surface area contributed by atoms with E-state index in [0.29, 0.717) is 6.54 Å². The van der Waals surface area contributed by atoms with Gasteiger partial charge in [-0.1, -0.05) is 11.6 Å². The highest BCUT2D eigenvalue weighted by Crippen LogP contribution is 2.16. The lowest BCUT2D eigenvalue weighted by atomic mass is 10.2. The van der Waals surface area contributed by atoms with Crippen LogP contribution in [0.15, 0.2) is 24.7 Å². The molecule has 0 aromatic carbocycles. The van der Waals surface area contributed by atoms with Crippen molar-refractivity contribution in [2.24, 2.45) is 0 Å². The first-order valence-electron chi connectivity index (χ1n) is 5.32. The van der Waals surface area contributed by atoms with Gasteiger partial charge in [0.1, 0.15) is 11.0 Å². The summed E-state index contributed by atoms with van der Waals surface area (Å²) in [6.07, 6.45) is 5.22.